The molecule has 4 nitrogen and oxygen atoms in total. The molecule has 0 bridgehead atoms. The van der Waals surface area contributed by atoms with Crippen LogP contribution in [-0.2, 0) is 13.0 Å². The van der Waals surface area contributed by atoms with E-state index >= 15 is 0 Å². The Morgan fingerprint density at radius 3 is 2.58 bits per heavy atom. The Hall–Kier alpha value is -2.85. The fraction of sp³-hybridized carbons (Fsp3) is 0.143. The number of halogens is 1. The second-order valence-corrected chi connectivity index (χ2v) is 6.27. The summed E-state index contributed by atoms with van der Waals surface area (Å²) in [4.78, 5) is 16.5. The second kappa shape index (κ2) is 9.02. The minimum atomic E-state index is -0.178. The van der Waals surface area contributed by atoms with Crippen LogP contribution < -0.4 is 10.6 Å². The Morgan fingerprint density at radius 2 is 1.77 bits per heavy atom. The highest BCUT2D eigenvalue weighted by molar-refractivity contribution is 6.31. The number of carbonyl (C=O) groups is 1. The summed E-state index contributed by atoms with van der Waals surface area (Å²) in [6.45, 7) is 1.15. The highest BCUT2D eigenvalue weighted by Gasteiger charge is 2.08. The molecule has 26 heavy (non-hydrogen) atoms. The summed E-state index contributed by atoms with van der Waals surface area (Å²) in [5, 5.41) is 6.90. The first-order valence-electron chi connectivity index (χ1n) is 8.48. The molecule has 0 saturated heterocycles. The highest BCUT2D eigenvalue weighted by atomic mass is 35.5. The van der Waals surface area contributed by atoms with Crippen LogP contribution in [0.5, 0.6) is 0 Å². The van der Waals surface area contributed by atoms with Crippen molar-refractivity contribution in [3.63, 3.8) is 0 Å². The fourth-order valence-corrected chi connectivity index (χ4v) is 2.76. The first-order chi connectivity index (χ1) is 12.7. The molecule has 0 radical (unpaired) electrons. The van der Waals surface area contributed by atoms with Gasteiger partial charge < -0.3 is 10.6 Å². The van der Waals surface area contributed by atoms with Gasteiger partial charge in [0.05, 0.1) is 0 Å². The van der Waals surface area contributed by atoms with Gasteiger partial charge in [-0.05, 0) is 35.7 Å². The first-order valence-corrected chi connectivity index (χ1v) is 8.85. The van der Waals surface area contributed by atoms with E-state index in [4.69, 9.17) is 11.6 Å². The Bertz CT molecular complexity index is 868. The number of rotatable bonds is 7. The summed E-state index contributed by atoms with van der Waals surface area (Å²) < 4.78 is 0. The summed E-state index contributed by atoms with van der Waals surface area (Å²) in [6, 6.07) is 21.3. The van der Waals surface area contributed by atoms with Crippen molar-refractivity contribution in [2.24, 2.45) is 0 Å². The average molecular weight is 366 g/mol. The minimum absolute atomic E-state index is 0.178. The van der Waals surface area contributed by atoms with Crippen LogP contribution in [0, 0.1) is 0 Å². The van der Waals surface area contributed by atoms with Crippen LogP contribution in [0.2, 0.25) is 5.02 Å². The predicted octanol–water partition coefficient (Wildman–Crippen LogP) is 4.32. The van der Waals surface area contributed by atoms with Crippen LogP contribution in [0.3, 0.4) is 0 Å². The lowest BCUT2D eigenvalue weighted by molar-refractivity contribution is 0.0949. The molecule has 2 N–H and O–H groups in total. The molecule has 2 aromatic carbocycles. The van der Waals surface area contributed by atoms with Gasteiger partial charge in [0.1, 0.15) is 5.69 Å². The van der Waals surface area contributed by atoms with Gasteiger partial charge in [0.15, 0.2) is 0 Å². The molecule has 0 fully saturated rings. The monoisotopic (exact) mass is 365 g/mol. The van der Waals surface area contributed by atoms with Gasteiger partial charge in [0.2, 0.25) is 0 Å². The summed E-state index contributed by atoms with van der Waals surface area (Å²) in [6.07, 6.45) is 2.41. The number of pyridine rings is 1. The highest BCUT2D eigenvalue weighted by Crippen LogP contribution is 2.17. The molecule has 132 valence electrons. The summed E-state index contributed by atoms with van der Waals surface area (Å²) in [5.74, 6) is -0.178. The van der Waals surface area contributed by atoms with Crippen LogP contribution in [0.4, 0.5) is 5.69 Å². The van der Waals surface area contributed by atoms with Crippen LogP contribution in [0.1, 0.15) is 21.6 Å². The van der Waals surface area contributed by atoms with Crippen LogP contribution in [-0.4, -0.2) is 17.4 Å². The van der Waals surface area contributed by atoms with E-state index in [9.17, 15) is 4.79 Å². The smallest absolute Gasteiger partial charge is 0.269 e. The molecule has 1 aromatic heterocycles. The molecule has 0 spiro atoms. The number of nitrogens with one attached hydrogen (secondary N) is 2. The van der Waals surface area contributed by atoms with Crippen molar-refractivity contribution in [2.75, 3.05) is 11.9 Å². The number of carbonyl (C=O) groups excluding carboxylic acids is 1. The average Bonchev–Trinajstić information content (AvgIpc) is 2.68. The predicted molar refractivity (Wildman–Crippen MR) is 105 cm³/mol. The SMILES string of the molecule is O=C(NCCc1ccccc1)c1cc(NCc2ccccc2Cl)ccn1. The number of hydrogen-bond acceptors (Lipinski definition) is 3. The number of anilines is 1. The van der Waals surface area contributed by atoms with Crippen LogP contribution >= 0.6 is 11.6 Å². The van der Waals surface area contributed by atoms with E-state index in [1.54, 1.807) is 12.3 Å². The van der Waals surface area contributed by atoms with Crippen LogP contribution in [0.15, 0.2) is 72.9 Å². The third kappa shape index (κ3) is 5.07. The maximum atomic E-state index is 12.3. The standard InChI is InChI=1S/C21H20ClN3O/c22-19-9-5-4-8-17(19)15-25-18-11-13-23-20(14-18)21(26)24-12-10-16-6-2-1-3-7-16/h1-9,11,13-14H,10,12,15H2,(H,23,25)(H,24,26). The van der Waals surface area contributed by atoms with E-state index < -0.39 is 0 Å². The van der Waals surface area contributed by atoms with Crippen LogP contribution in [0.25, 0.3) is 0 Å². The van der Waals surface area contributed by atoms with Gasteiger partial charge in [-0.15, -0.1) is 0 Å². The van der Waals surface area contributed by atoms with Crippen molar-refractivity contribution in [3.05, 3.63) is 94.8 Å². The van der Waals surface area contributed by atoms with Gasteiger partial charge in [-0.1, -0.05) is 60.1 Å². The zero-order chi connectivity index (χ0) is 18.2. The maximum Gasteiger partial charge on any atom is 0.269 e. The lowest BCUT2D eigenvalue weighted by Crippen LogP contribution is -2.26. The number of benzene rings is 2. The molecular formula is C21H20ClN3O. The quantitative estimate of drug-likeness (QED) is 0.655. The van der Waals surface area contributed by atoms with Crippen molar-refractivity contribution in [2.45, 2.75) is 13.0 Å². The largest absolute Gasteiger partial charge is 0.381 e. The summed E-state index contributed by atoms with van der Waals surface area (Å²) in [7, 11) is 0. The van der Waals surface area contributed by atoms with Crippen molar-refractivity contribution in [1.29, 1.82) is 0 Å². The lowest BCUT2D eigenvalue weighted by Gasteiger charge is -2.09. The topological polar surface area (TPSA) is 54.0 Å². The first kappa shape index (κ1) is 18.0. The third-order valence-electron chi connectivity index (χ3n) is 3.98. The maximum absolute atomic E-state index is 12.3. The van der Waals surface area contributed by atoms with E-state index in [0.29, 0.717) is 23.8 Å². The molecule has 0 aliphatic rings. The summed E-state index contributed by atoms with van der Waals surface area (Å²) in [5.41, 5.74) is 3.41. The Kier molecular flexibility index (Phi) is 6.23. The van der Waals surface area contributed by atoms with Gasteiger partial charge in [0.25, 0.3) is 5.91 Å². The second-order valence-electron chi connectivity index (χ2n) is 5.87. The Labute approximate surface area is 158 Å². The number of aromatic nitrogens is 1. The normalized spacial score (nSPS) is 10.3. The molecule has 0 atom stereocenters. The van der Waals surface area contributed by atoms with Crippen molar-refractivity contribution < 1.29 is 4.79 Å². The molecule has 0 unspecified atom stereocenters. The van der Waals surface area contributed by atoms with E-state index in [2.05, 4.69) is 15.6 Å². The van der Waals surface area contributed by atoms with Gasteiger partial charge in [-0.25, -0.2) is 0 Å². The van der Waals surface area contributed by atoms with E-state index in [1.165, 1.54) is 5.56 Å². The van der Waals surface area contributed by atoms with Gasteiger partial charge in [0, 0.05) is 30.0 Å². The Balaban J connectivity index is 1.54. The van der Waals surface area contributed by atoms with Crippen molar-refractivity contribution >= 4 is 23.2 Å². The molecule has 3 aromatic rings. The molecule has 0 saturated carbocycles. The van der Waals surface area contributed by atoms with E-state index in [0.717, 1.165) is 17.7 Å². The van der Waals surface area contributed by atoms with E-state index in [1.807, 2.05) is 60.7 Å². The zero-order valence-electron chi connectivity index (χ0n) is 14.3. The molecule has 5 heteroatoms. The fourth-order valence-electron chi connectivity index (χ4n) is 2.56. The number of amides is 1. The lowest BCUT2D eigenvalue weighted by atomic mass is 10.1. The molecule has 0 aliphatic heterocycles. The molecule has 1 amide bonds. The molecule has 0 aliphatic carbocycles. The number of nitrogens with zero attached hydrogens (tertiary/aromatic N) is 1. The third-order valence-corrected chi connectivity index (χ3v) is 4.34. The van der Waals surface area contributed by atoms with Gasteiger partial charge in [-0.2, -0.15) is 0 Å². The Morgan fingerprint density at radius 1 is 1.00 bits per heavy atom. The van der Waals surface area contributed by atoms with Crippen molar-refractivity contribution in [1.82, 2.24) is 10.3 Å². The van der Waals surface area contributed by atoms with Gasteiger partial charge >= 0.3 is 0 Å². The molecular weight excluding hydrogens is 346 g/mol. The van der Waals surface area contributed by atoms with E-state index in [-0.39, 0.29) is 5.91 Å². The molecule has 1 heterocycles. The van der Waals surface area contributed by atoms with Crippen molar-refractivity contribution in [3.8, 4) is 0 Å². The zero-order valence-corrected chi connectivity index (χ0v) is 15.0. The molecule has 3 rings (SSSR count). The minimum Gasteiger partial charge on any atom is -0.381 e. The number of hydrogen-bond donors (Lipinski definition) is 2. The summed E-state index contributed by atoms with van der Waals surface area (Å²) >= 11 is 6.16. The van der Waals surface area contributed by atoms with Gasteiger partial charge in [-0.3, -0.25) is 9.78 Å².